The zero-order chi connectivity index (χ0) is 17.6. The molecule has 8 nitrogen and oxygen atoms in total. The zero-order valence-electron chi connectivity index (χ0n) is 12.9. The maximum absolute atomic E-state index is 9.75. The predicted octanol–water partition coefficient (Wildman–Crippen LogP) is -0.834. The van der Waals surface area contributed by atoms with Gasteiger partial charge in [-0.05, 0) is 38.1 Å². The van der Waals surface area contributed by atoms with Crippen molar-refractivity contribution < 1.29 is 39.8 Å². The molecule has 5 atom stereocenters. The molecule has 1 aliphatic rings. The Hall–Kier alpha value is -1.71. The number of phenols is 1. The van der Waals surface area contributed by atoms with Crippen LogP contribution in [-0.4, -0.2) is 68.6 Å². The van der Waals surface area contributed by atoms with E-state index in [4.69, 9.17) is 19.7 Å². The van der Waals surface area contributed by atoms with Gasteiger partial charge in [-0.25, -0.2) is 0 Å². The Kier molecular flexibility index (Phi) is 7.40. The summed E-state index contributed by atoms with van der Waals surface area (Å²) in [6.45, 7) is 2.54. The molecule has 0 saturated carbocycles. The van der Waals surface area contributed by atoms with Crippen LogP contribution in [0.5, 0.6) is 11.5 Å². The van der Waals surface area contributed by atoms with Crippen molar-refractivity contribution in [1.82, 2.24) is 0 Å². The molecule has 0 radical (unpaired) electrons. The van der Waals surface area contributed by atoms with Gasteiger partial charge in [0.05, 0.1) is 6.61 Å². The summed E-state index contributed by atoms with van der Waals surface area (Å²) in [5.74, 6) is 0.531. The van der Waals surface area contributed by atoms with Crippen LogP contribution in [-0.2, 0) is 9.53 Å². The van der Waals surface area contributed by atoms with Crippen molar-refractivity contribution in [3.8, 4) is 11.5 Å². The smallest absolute Gasteiger partial charge is 0.229 e. The number of aliphatic hydroxyl groups excluding tert-OH is 4. The number of aromatic hydroxyl groups is 1. The number of rotatable bonds is 3. The molecule has 8 heteroatoms. The second-order valence-corrected chi connectivity index (χ2v) is 5.22. The minimum atomic E-state index is -1.48. The number of aliphatic hydroxyl groups is 4. The third-order valence-electron chi connectivity index (χ3n) is 2.94. The molecule has 23 heavy (non-hydrogen) atoms. The SMILES string of the molecule is CC(C)=O.OC[C@H]1O[C@@H](Oc2ccc(O)cc2)[C@H](O)[C@@H](O)[C@@H]1O. The van der Waals surface area contributed by atoms with Gasteiger partial charge in [-0.15, -0.1) is 0 Å². The van der Waals surface area contributed by atoms with Gasteiger partial charge in [0.2, 0.25) is 6.29 Å². The van der Waals surface area contributed by atoms with E-state index in [0.29, 0.717) is 5.75 Å². The summed E-state index contributed by atoms with van der Waals surface area (Å²) in [6, 6.07) is 5.69. The van der Waals surface area contributed by atoms with Gasteiger partial charge in [0.15, 0.2) is 0 Å². The van der Waals surface area contributed by atoms with Crippen LogP contribution in [0.25, 0.3) is 0 Å². The molecule has 1 aromatic carbocycles. The highest BCUT2D eigenvalue weighted by molar-refractivity contribution is 5.72. The number of hydrogen-bond donors (Lipinski definition) is 5. The molecule has 1 fully saturated rings. The molecule has 1 aliphatic heterocycles. The Morgan fingerprint density at radius 3 is 2.09 bits per heavy atom. The summed E-state index contributed by atoms with van der Waals surface area (Å²) >= 11 is 0. The molecule has 5 N–H and O–H groups in total. The fraction of sp³-hybridized carbons (Fsp3) is 0.533. The van der Waals surface area contributed by atoms with E-state index >= 15 is 0 Å². The maximum atomic E-state index is 9.75. The summed E-state index contributed by atoms with van der Waals surface area (Å²) in [5.41, 5.74) is 0. The summed E-state index contributed by atoms with van der Waals surface area (Å²) in [6.07, 6.45) is -6.58. The first-order valence-electron chi connectivity index (χ1n) is 6.99. The van der Waals surface area contributed by atoms with Crippen LogP contribution in [0.4, 0.5) is 0 Å². The van der Waals surface area contributed by atoms with Gasteiger partial charge >= 0.3 is 0 Å². The van der Waals surface area contributed by atoms with Gasteiger partial charge in [0.25, 0.3) is 0 Å². The zero-order valence-corrected chi connectivity index (χ0v) is 12.9. The van der Waals surface area contributed by atoms with Gasteiger partial charge in [-0.3, -0.25) is 0 Å². The number of Topliss-reactive ketones (excluding diaryl/α,β-unsaturated/α-hetero) is 1. The van der Waals surface area contributed by atoms with E-state index in [1.165, 1.54) is 38.1 Å². The van der Waals surface area contributed by atoms with E-state index in [9.17, 15) is 20.1 Å². The molecule has 0 bridgehead atoms. The Bertz CT molecular complexity index is 483. The molecule has 0 spiro atoms. The van der Waals surface area contributed by atoms with Gasteiger partial charge in [0.1, 0.15) is 41.7 Å². The van der Waals surface area contributed by atoms with Crippen LogP contribution in [0.3, 0.4) is 0 Å². The number of ketones is 1. The van der Waals surface area contributed by atoms with Gasteiger partial charge in [0, 0.05) is 0 Å². The summed E-state index contributed by atoms with van der Waals surface area (Å²) in [4.78, 5) is 9.44. The number of phenolic OH excluding ortho intramolecular Hbond substituents is 1. The predicted molar refractivity (Wildman–Crippen MR) is 78.9 cm³/mol. The van der Waals surface area contributed by atoms with E-state index in [0.717, 1.165) is 0 Å². The highest BCUT2D eigenvalue weighted by Gasteiger charge is 2.44. The lowest BCUT2D eigenvalue weighted by Gasteiger charge is -2.39. The fourth-order valence-electron chi connectivity index (χ4n) is 1.82. The van der Waals surface area contributed by atoms with Crippen molar-refractivity contribution >= 4 is 5.78 Å². The van der Waals surface area contributed by atoms with E-state index in [-0.39, 0.29) is 11.5 Å². The number of carbonyl (C=O) groups is 1. The monoisotopic (exact) mass is 330 g/mol. The molecule has 130 valence electrons. The molecular weight excluding hydrogens is 308 g/mol. The van der Waals surface area contributed by atoms with Crippen molar-refractivity contribution in [3.63, 3.8) is 0 Å². The standard InChI is InChI=1S/C12H16O7.C3H6O/c13-5-8-9(15)10(16)11(17)12(19-8)18-7-3-1-6(14)2-4-7;1-3(2)4/h1-4,8-17H,5H2;1-2H3/t8-,9-,10+,11-,12-;/m1./s1. The quantitative estimate of drug-likeness (QED) is 0.484. The normalized spacial score (nSPS) is 30.1. The van der Waals surface area contributed by atoms with Crippen LogP contribution >= 0.6 is 0 Å². The van der Waals surface area contributed by atoms with Crippen molar-refractivity contribution in [2.75, 3.05) is 6.61 Å². The Balaban J connectivity index is 0.000000593. The Morgan fingerprint density at radius 1 is 1.09 bits per heavy atom. The van der Waals surface area contributed by atoms with Crippen molar-refractivity contribution in [2.45, 2.75) is 44.6 Å². The number of hydrogen-bond acceptors (Lipinski definition) is 8. The first kappa shape index (κ1) is 19.3. The van der Waals surface area contributed by atoms with E-state index < -0.39 is 37.3 Å². The molecular formula is C15H22O8. The van der Waals surface area contributed by atoms with Gasteiger partial charge < -0.3 is 39.8 Å². The van der Waals surface area contributed by atoms with E-state index in [2.05, 4.69) is 0 Å². The average molecular weight is 330 g/mol. The third-order valence-corrected chi connectivity index (χ3v) is 2.94. The molecule has 0 aliphatic carbocycles. The average Bonchev–Trinajstić information content (AvgIpc) is 2.49. The first-order chi connectivity index (χ1) is 10.8. The first-order valence-corrected chi connectivity index (χ1v) is 6.99. The molecule has 0 unspecified atom stereocenters. The second-order valence-electron chi connectivity index (χ2n) is 5.22. The molecule has 1 heterocycles. The lowest BCUT2D eigenvalue weighted by Crippen LogP contribution is -2.60. The Morgan fingerprint density at radius 2 is 1.61 bits per heavy atom. The minimum absolute atomic E-state index is 0.0566. The number of ether oxygens (including phenoxy) is 2. The molecule has 1 aromatic rings. The second kappa shape index (κ2) is 8.80. The molecule has 1 saturated heterocycles. The topological polar surface area (TPSA) is 137 Å². The molecule has 2 rings (SSSR count). The van der Waals surface area contributed by atoms with Gasteiger partial charge in [-0.1, -0.05) is 0 Å². The maximum Gasteiger partial charge on any atom is 0.229 e. The van der Waals surface area contributed by atoms with Crippen molar-refractivity contribution in [2.24, 2.45) is 0 Å². The highest BCUT2D eigenvalue weighted by atomic mass is 16.7. The summed E-state index contributed by atoms with van der Waals surface area (Å²) in [7, 11) is 0. The lowest BCUT2D eigenvalue weighted by molar-refractivity contribution is -0.277. The fourth-order valence-corrected chi connectivity index (χ4v) is 1.82. The summed E-state index contributed by atoms with van der Waals surface area (Å²) < 4.78 is 10.5. The van der Waals surface area contributed by atoms with Crippen LogP contribution in [0.1, 0.15) is 13.8 Å². The minimum Gasteiger partial charge on any atom is -0.508 e. The number of carbonyl (C=O) groups excluding carboxylic acids is 1. The van der Waals surface area contributed by atoms with Crippen molar-refractivity contribution in [3.05, 3.63) is 24.3 Å². The third kappa shape index (κ3) is 5.77. The van der Waals surface area contributed by atoms with Crippen LogP contribution < -0.4 is 4.74 Å². The Labute approximate surface area is 133 Å². The highest BCUT2D eigenvalue weighted by Crippen LogP contribution is 2.25. The van der Waals surface area contributed by atoms with E-state index in [1.54, 1.807) is 0 Å². The van der Waals surface area contributed by atoms with E-state index in [1.807, 2.05) is 0 Å². The molecule has 0 amide bonds. The van der Waals surface area contributed by atoms with Crippen LogP contribution in [0.15, 0.2) is 24.3 Å². The van der Waals surface area contributed by atoms with Crippen molar-refractivity contribution in [1.29, 1.82) is 0 Å². The lowest BCUT2D eigenvalue weighted by atomic mass is 9.99. The number of benzene rings is 1. The van der Waals surface area contributed by atoms with Crippen LogP contribution in [0, 0.1) is 0 Å². The molecule has 0 aromatic heterocycles. The summed E-state index contributed by atoms with van der Waals surface area (Å²) in [5, 5.41) is 47.1. The van der Waals surface area contributed by atoms with Crippen LogP contribution in [0.2, 0.25) is 0 Å². The van der Waals surface area contributed by atoms with Gasteiger partial charge in [-0.2, -0.15) is 0 Å². The largest absolute Gasteiger partial charge is 0.508 e.